The first-order chi connectivity index (χ1) is 7.34. The minimum Gasteiger partial charge on any atom is -0.361 e. The van der Waals surface area contributed by atoms with E-state index >= 15 is 0 Å². The number of hydrogen-bond acceptors (Lipinski definition) is 3. The van der Waals surface area contributed by atoms with Gasteiger partial charge in [0, 0.05) is 18.1 Å². The molecule has 2 nitrogen and oxygen atoms in total. The fourth-order valence-corrected chi connectivity index (χ4v) is 1.96. The Hall–Kier alpha value is -1.35. The molecule has 1 aromatic carbocycles. The Bertz CT molecular complexity index is 409. The van der Waals surface area contributed by atoms with E-state index < -0.39 is 0 Å². The molecule has 3 heteroatoms. The summed E-state index contributed by atoms with van der Waals surface area (Å²) >= 11 is 1.63. The number of aromatic nitrogens is 1. The Kier molecular flexibility index (Phi) is 3.35. The van der Waals surface area contributed by atoms with Crippen LogP contribution < -0.4 is 5.32 Å². The molecule has 2 rings (SSSR count). The zero-order chi connectivity index (χ0) is 10.5. The average molecular weight is 217 g/mol. The van der Waals surface area contributed by atoms with Crippen LogP contribution in [0.1, 0.15) is 11.1 Å². The normalized spacial score (nSPS) is 10.2. The number of aryl methyl sites for hydroxylation is 1. The van der Waals surface area contributed by atoms with Crippen molar-refractivity contribution >= 4 is 16.5 Å². The van der Waals surface area contributed by atoms with E-state index in [0.29, 0.717) is 0 Å². The van der Waals surface area contributed by atoms with Crippen LogP contribution in [0.15, 0.2) is 29.8 Å². The standard InChI is InChI=1S/C12H13N2S/c1-10-3-2-4-11(9-10)5-6-13-12-14-7-8-15-12/h2-3,7-9H,5-6H2,1H3,(H,13,14). The van der Waals surface area contributed by atoms with Crippen molar-refractivity contribution < 1.29 is 0 Å². The fraction of sp³-hybridized carbons (Fsp3) is 0.250. The molecule has 0 saturated heterocycles. The van der Waals surface area contributed by atoms with Crippen molar-refractivity contribution in [3.8, 4) is 0 Å². The van der Waals surface area contributed by atoms with E-state index in [2.05, 4.69) is 35.4 Å². The number of thiazole rings is 1. The van der Waals surface area contributed by atoms with Gasteiger partial charge in [0.15, 0.2) is 5.13 Å². The van der Waals surface area contributed by atoms with Crippen LogP contribution in [0.3, 0.4) is 0 Å². The predicted molar refractivity (Wildman–Crippen MR) is 64.3 cm³/mol. The summed E-state index contributed by atoms with van der Waals surface area (Å²) in [4.78, 5) is 4.16. The Morgan fingerprint density at radius 1 is 1.53 bits per heavy atom. The maximum Gasteiger partial charge on any atom is 0.182 e. The number of hydrogen-bond donors (Lipinski definition) is 1. The molecule has 0 unspecified atom stereocenters. The van der Waals surface area contributed by atoms with Gasteiger partial charge < -0.3 is 5.32 Å². The van der Waals surface area contributed by atoms with Gasteiger partial charge in [0.1, 0.15) is 0 Å². The summed E-state index contributed by atoms with van der Waals surface area (Å²) in [6, 6.07) is 9.45. The van der Waals surface area contributed by atoms with Crippen LogP contribution >= 0.6 is 11.3 Å². The van der Waals surface area contributed by atoms with Gasteiger partial charge in [-0.1, -0.05) is 23.8 Å². The van der Waals surface area contributed by atoms with Crippen molar-refractivity contribution in [1.29, 1.82) is 0 Å². The summed E-state index contributed by atoms with van der Waals surface area (Å²) in [5.74, 6) is 0. The van der Waals surface area contributed by atoms with Gasteiger partial charge in [-0.2, -0.15) is 0 Å². The van der Waals surface area contributed by atoms with Crippen LogP contribution in [0.4, 0.5) is 5.13 Å². The van der Waals surface area contributed by atoms with Crippen LogP contribution in [0.2, 0.25) is 0 Å². The molecule has 0 fully saturated rings. The SMILES string of the molecule is Cc1cc[c]c(CCNc2nccs2)c1. The Morgan fingerprint density at radius 2 is 2.47 bits per heavy atom. The second-order valence-electron chi connectivity index (χ2n) is 3.41. The molecule has 0 bridgehead atoms. The molecule has 1 N–H and O–H groups in total. The summed E-state index contributed by atoms with van der Waals surface area (Å²) in [6.45, 7) is 3.01. The van der Waals surface area contributed by atoms with Crippen LogP contribution in [-0.2, 0) is 6.42 Å². The van der Waals surface area contributed by atoms with Gasteiger partial charge in [-0.25, -0.2) is 4.98 Å². The van der Waals surface area contributed by atoms with Crippen molar-refractivity contribution in [2.24, 2.45) is 0 Å². The highest BCUT2D eigenvalue weighted by Crippen LogP contribution is 2.10. The van der Waals surface area contributed by atoms with Gasteiger partial charge in [-0.15, -0.1) is 11.3 Å². The van der Waals surface area contributed by atoms with E-state index in [4.69, 9.17) is 0 Å². The van der Waals surface area contributed by atoms with Crippen molar-refractivity contribution in [3.05, 3.63) is 47.0 Å². The van der Waals surface area contributed by atoms with Crippen LogP contribution in [0.25, 0.3) is 0 Å². The molecule has 0 amide bonds. The lowest BCUT2D eigenvalue weighted by Crippen LogP contribution is -2.04. The van der Waals surface area contributed by atoms with Gasteiger partial charge in [-0.3, -0.25) is 0 Å². The number of nitrogens with one attached hydrogen (secondary N) is 1. The van der Waals surface area contributed by atoms with Crippen molar-refractivity contribution in [1.82, 2.24) is 4.98 Å². The summed E-state index contributed by atoms with van der Waals surface area (Å²) in [6.07, 6.45) is 2.80. The molecule has 1 aromatic heterocycles. The van der Waals surface area contributed by atoms with Crippen molar-refractivity contribution in [2.45, 2.75) is 13.3 Å². The maximum atomic E-state index is 4.16. The summed E-state index contributed by atoms with van der Waals surface area (Å²) < 4.78 is 0. The number of anilines is 1. The highest BCUT2D eigenvalue weighted by Gasteiger charge is 1.95. The minimum atomic E-state index is 0.910. The zero-order valence-corrected chi connectivity index (χ0v) is 9.47. The van der Waals surface area contributed by atoms with Gasteiger partial charge in [0.25, 0.3) is 0 Å². The summed E-state index contributed by atoms with van der Waals surface area (Å²) in [5, 5.41) is 6.24. The molecule has 0 saturated carbocycles. The first-order valence-electron chi connectivity index (χ1n) is 4.95. The monoisotopic (exact) mass is 217 g/mol. The van der Waals surface area contributed by atoms with E-state index in [1.807, 2.05) is 17.6 Å². The summed E-state index contributed by atoms with van der Waals surface area (Å²) in [7, 11) is 0. The van der Waals surface area contributed by atoms with Crippen molar-refractivity contribution in [3.63, 3.8) is 0 Å². The second-order valence-corrected chi connectivity index (χ2v) is 4.30. The molecule has 0 aliphatic rings. The van der Waals surface area contributed by atoms with Gasteiger partial charge in [-0.05, 0) is 25.0 Å². The fourth-order valence-electron chi connectivity index (χ4n) is 1.40. The Balaban J connectivity index is 1.83. The largest absolute Gasteiger partial charge is 0.361 e. The smallest absolute Gasteiger partial charge is 0.182 e. The van der Waals surface area contributed by atoms with E-state index in [-0.39, 0.29) is 0 Å². The van der Waals surface area contributed by atoms with Crippen LogP contribution in [0.5, 0.6) is 0 Å². The quantitative estimate of drug-likeness (QED) is 0.851. The number of rotatable bonds is 4. The van der Waals surface area contributed by atoms with Crippen LogP contribution in [-0.4, -0.2) is 11.5 Å². The molecule has 0 aliphatic carbocycles. The molecule has 2 aromatic rings. The molecule has 15 heavy (non-hydrogen) atoms. The second kappa shape index (κ2) is 4.94. The lowest BCUT2D eigenvalue weighted by atomic mass is 10.1. The van der Waals surface area contributed by atoms with E-state index in [9.17, 15) is 0 Å². The summed E-state index contributed by atoms with van der Waals surface area (Å²) in [5.41, 5.74) is 2.54. The lowest BCUT2D eigenvalue weighted by Gasteiger charge is -2.03. The third-order valence-electron chi connectivity index (χ3n) is 2.12. The highest BCUT2D eigenvalue weighted by molar-refractivity contribution is 7.13. The molecule has 0 aliphatic heterocycles. The molecule has 1 heterocycles. The highest BCUT2D eigenvalue weighted by atomic mass is 32.1. The molecule has 1 radical (unpaired) electrons. The van der Waals surface area contributed by atoms with Crippen LogP contribution in [0, 0.1) is 13.0 Å². The topological polar surface area (TPSA) is 24.9 Å². The first-order valence-corrected chi connectivity index (χ1v) is 5.83. The Morgan fingerprint density at radius 3 is 3.20 bits per heavy atom. The van der Waals surface area contributed by atoms with E-state index in [1.165, 1.54) is 11.1 Å². The van der Waals surface area contributed by atoms with Gasteiger partial charge >= 0.3 is 0 Å². The number of benzene rings is 1. The first kappa shape index (κ1) is 10.2. The van der Waals surface area contributed by atoms with Gasteiger partial charge in [0.05, 0.1) is 0 Å². The lowest BCUT2D eigenvalue weighted by molar-refractivity contribution is 1.01. The van der Waals surface area contributed by atoms with E-state index in [0.717, 1.165) is 18.1 Å². The molecule has 0 spiro atoms. The Labute approximate surface area is 94.0 Å². The zero-order valence-electron chi connectivity index (χ0n) is 8.66. The molecule has 0 atom stereocenters. The average Bonchev–Trinajstić information content (AvgIpc) is 2.71. The molecular weight excluding hydrogens is 204 g/mol. The van der Waals surface area contributed by atoms with Gasteiger partial charge in [0.2, 0.25) is 0 Å². The predicted octanol–water partition coefficient (Wildman–Crippen LogP) is 2.91. The van der Waals surface area contributed by atoms with E-state index in [1.54, 1.807) is 11.3 Å². The minimum absolute atomic E-state index is 0.910. The molecule has 77 valence electrons. The maximum absolute atomic E-state index is 4.16. The third-order valence-corrected chi connectivity index (χ3v) is 2.85. The third kappa shape index (κ3) is 3.06. The number of nitrogens with zero attached hydrogens (tertiary/aromatic N) is 1. The van der Waals surface area contributed by atoms with Crippen molar-refractivity contribution in [2.75, 3.05) is 11.9 Å². The molecular formula is C12H13N2S.